The van der Waals surface area contributed by atoms with Crippen molar-refractivity contribution in [1.82, 2.24) is 14.5 Å². The standard InChI is InChI=1S/C48H41N3O/c1-31-18-20-34(21-19-31)36-24-25-49-42(30-36)38-27-37(28-39(29-38)48(3,4)5)40-15-11-16-44-46(40)50-47(41-14-9-10-17-45(41)52)51(44)43-23-22-35(26-32(43)2)33-12-7-6-8-13-33/h6-30,52H,1-5H3/i1D3,2D3. The fourth-order valence-corrected chi connectivity index (χ4v) is 6.76. The van der Waals surface area contributed by atoms with Gasteiger partial charge >= 0.3 is 0 Å². The maximum atomic E-state index is 11.2. The van der Waals surface area contributed by atoms with E-state index in [1.54, 1.807) is 42.6 Å². The summed E-state index contributed by atoms with van der Waals surface area (Å²) in [5, 5.41) is 11.2. The van der Waals surface area contributed by atoms with Crippen LogP contribution in [-0.4, -0.2) is 19.6 Å². The summed E-state index contributed by atoms with van der Waals surface area (Å²) in [5.74, 6) is 0.428. The molecular formula is C48H41N3O. The second-order valence-electron chi connectivity index (χ2n) is 14.1. The van der Waals surface area contributed by atoms with Crippen LogP contribution in [0.1, 0.15) is 45.7 Å². The summed E-state index contributed by atoms with van der Waals surface area (Å²) < 4.78 is 51.2. The predicted octanol–water partition coefficient (Wildman–Crippen LogP) is 12.4. The molecule has 0 aliphatic carbocycles. The van der Waals surface area contributed by atoms with E-state index in [4.69, 9.17) is 18.2 Å². The van der Waals surface area contributed by atoms with Crippen molar-refractivity contribution in [3.8, 4) is 67.5 Å². The summed E-state index contributed by atoms with van der Waals surface area (Å²) in [6.45, 7) is 1.82. The molecule has 0 spiro atoms. The minimum absolute atomic E-state index is 0.0213. The van der Waals surface area contributed by atoms with E-state index >= 15 is 0 Å². The molecule has 2 heterocycles. The lowest BCUT2D eigenvalue weighted by Gasteiger charge is -2.22. The minimum Gasteiger partial charge on any atom is -0.507 e. The van der Waals surface area contributed by atoms with Gasteiger partial charge in [-0.25, -0.2) is 4.98 Å². The number of phenolic OH excluding ortho intramolecular Hbond substituents is 1. The first-order valence-corrected chi connectivity index (χ1v) is 17.3. The van der Waals surface area contributed by atoms with E-state index in [0.717, 1.165) is 50.2 Å². The molecule has 8 aromatic rings. The fraction of sp³-hybridized carbons (Fsp3) is 0.125. The van der Waals surface area contributed by atoms with E-state index in [1.807, 2.05) is 95.6 Å². The number of aromatic hydroxyl groups is 1. The van der Waals surface area contributed by atoms with Crippen molar-refractivity contribution in [3.63, 3.8) is 0 Å². The van der Waals surface area contributed by atoms with Crippen LogP contribution < -0.4 is 0 Å². The number of fused-ring (bicyclic) bond motifs is 1. The Labute approximate surface area is 314 Å². The summed E-state index contributed by atoms with van der Waals surface area (Å²) >= 11 is 0. The molecule has 0 atom stereocenters. The average Bonchev–Trinajstić information content (AvgIpc) is 3.59. The monoisotopic (exact) mass is 681 g/mol. The quantitative estimate of drug-likeness (QED) is 0.190. The number of rotatable bonds is 6. The molecule has 52 heavy (non-hydrogen) atoms. The molecule has 0 amide bonds. The maximum absolute atomic E-state index is 11.2. The van der Waals surface area contributed by atoms with Crippen LogP contribution in [0.3, 0.4) is 0 Å². The number of hydrogen-bond acceptors (Lipinski definition) is 3. The zero-order valence-corrected chi connectivity index (χ0v) is 29.2. The van der Waals surface area contributed by atoms with Crippen molar-refractivity contribution in [2.24, 2.45) is 0 Å². The molecule has 0 saturated carbocycles. The van der Waals surface area contributed by atoms with Gasteiger partial charge in [0, 0.05) is 25.5 Å². The van der Waals surface area contributed by atoms with Crippen molar-refractivity contribution in [2.45, 2.75) is 39.9 Å². The Kier molecular flexibility index (Phi) is 6.70. The van der Waals surface area contributed by atoms with Crippen LogP contribution in [-0.2, 0) is 5.41 Å². The van der Waals surface area contributed by atoms with E-state index in [2.05, 4.69) is 39.0 Å². The number of aryl methyl sites for hydroxylation is 2. The van der Waals surface area contributed by atoms with Crippen LogP contribution in [0.25, 0.3) is 72.7 Å². The normalized spacial score (nSPS) is 13.8. The Morgan fingerprint density at radius 1 is 0.596 bits per heavy atom. The third-order valence-electron chi connectivity index (χ3n) is 9.56. The van der Waals surface area contributed by atoms with Gasteiger partial charge in [0.2, 0.25) is 0 Å². The van der Waals surface area contributed by atoms with Crippen molar-refractivity contribution in [2.75, 3.05) is 0 Å². The van der Waals surface area contributed by atoms with Crippen molar-refractivity contribution >= 4 is 11.0 Å². The highest BCUT2D eigenvalue weighted by molar-refractivity contribution is 5.97. The molecule has 0 saturated heterocycles. The third-order valence-corrected chi connectivity index (χ3v) is 9.56. The number of hydrogen-bond donors (Lipinski definition) is 1. The molecule has 1 N–H and O–H groups in total. The Morgan fingerprint density at radius 3 is 2.08 bits per heavy atom. The highest BCUT2D eigenvalue weighted by atomic mass is 16.3. The van der Waals surface area contributed by atoms with Gasteiger partial charge in [0.05, 0.1) is 28.0 Å². The van der Waals surface area contributed by atoms with Crippen LogP contribution in [0.4, 0.5) is 0 Å². The number of para-hydroxylation sites is 2. The zero-order valence-electron chi connectivity index (χ0n) is 35.2. The second-order valence-corrected chi connectivity index (χ2v) is 14.1. The van der Waals surface area contributed by atoms with Gasteiger partial charge in [-0.15, -0.1) is 0 Å². The number of imidazole rings is 1. The molecule has 0 aliphatic heterocycles. The molecule has 2 aromatic heterocycles. The maximum Gasteiger partial charge on any atom is 0.149 e. The molecule has 0 radical (unpaired) electrons. The topological polar surface area (TPSA) is 50.9 Å². The van der Waals surface area contributed by atoms with E-state index in [-0.39, 0.29) is 22.3 Å². The third kappa shape index (κ3) is 6.18. The lowest BCUT2D eigenvalue weighted by molar-refractivity contribution is 0.477. The van der Waals surface area contributed by atoms with E-state index in [1.165, 1.54) is 0 Å². The van der Waals surface area contributed by atoms with Crippen LogP contribution in [0.15, 0.2) is 152 Å². The second kappa shape index (κ2) is 13.1. The Hall–Kier alpha value is -6.26. The number of phenols is 1. The van der Waals surface area contributed by atoms with Crippen LogP contribution in [0, 0.1) is 13.7 Å². The predicted molar refractivity (Wildman–Crippen MR) is 216 cm³/mol. The van der Waals surface area contributed by atoms with Crippen LogP contribution >= 0.6 is 0 Å². The molecule has 254 valence electrons. The van der Waals surface area contributed by atoms with Crippen molar-refractivity contribution in [1.29, 1.82) is 0 Å². The van der Waals surface area contributed by atoms with Gasteiger partial charge < -0.3 is 5.11 Å². The van der Waals surface area contributed by atoms with Crippen molar-refractivity contribution in [3.05, 3.63) is 168 Å². The van der Waals surface area contributed by atoms with Crippen LogP contribution in [0.2, 0.25) is 0 Å². The number of benzene rings is 6. The van der Waals surface area contributed by atoms with Gasteiger partial charge in [-0.1, -0.05) is 117 Å². The van der Waals surface area contributed by atoms with Crippen LogP contribution in [0.5, 0.6) is 5.75 Å². The van der Waals surface area contributed by atoms with E-state index in [0.29, 0.717) is 28.1 Å². The molecule has 0 aliphatic rings. The smallest absolute Gasteiger partial charge is 0.149 e. The molecule has 4 nitrogen and oxygen atoms in total. The Bertz CT molecular complexity index is 2800. The van der Waals surface area contributed by atoms with Gasteiger partial charge in [-0.05, 0) is 113 Å². The lowest BCUT2D eigenvalue weighted by atomic mass is 9.83. The van der Waals surface area contributed by atoms with Gasteiger partial charge in [-0.2, -0.15) is 0 Å². The molecule has 8 rings (SSSR count). The van der Waals surface area contributed by atoms with Gasteiger partial charge in [0.25, 0.3) is 0 Å². The molecule has 6 aromatic carbocycles. The average molecular weight is 682 g/mol. The van der Waals surface area contributed by atoms with E-state index < -0.39 is 13.7 Å². The molecule has 0 fully saturated rings. The SMILES string of the molecule is [2H]C([2H])([2H])c1ccc(-c2ccnc(-c3cc(-c4cccc5c4nc(-c4ccccc4O)n5-c4ccc(-c5ccccc5)cc4C([2H])([2H])[2H])cc(C(C)(C)C)c3)c2)cc1. The summed E-state index contributed by atoms with van der Waals surface area (Å²) in [6.07, 6.45) is 1.76. The first kappa shape index (κ1) is 26.5. The van der Waals surface area contributed by atoms with Gasteiger partial charge in [-0.3, -0.25) is 9.55 Å². The van der Waals surface area contributed by atoms with Crippen molar-refractivity contribution < 1.29 is 13.3 Å². The van der Waals surface area contributed by atoms with E-state index in [9.17, 15) is 5.11 Å². The highest BCUT2D eigenvalue weighted by Crippen LogP contribution is 2.40. The minimum atomic E-state index is -2.47. The fourth-order valence-electron chi connectivity index (χ4n) is 6.76. The number of nitrogens with zero attached hydrogens (tertiary/aromatic N) is 3. The number of pyridine rings is 1. The molecular weight excluding hydrogens is 635 g/mol. The first-order chi connectivity index (χ1) is 27.6. The highest BCUT2D eigenvalue weighted by Gasteiger charge is 2.23. The summed E-state index contributed by atoms with van der Waals surface area (Å²) in [4.78, 5) is 10.0. The Balaban J connectivity index is 1.34. The Morgan fingerprint density at radius 2 is 1.31 bits per heavy atom. The molecule has 0 unspecified atom stereocenters. The van der Waals surface area contributed by atoms with Gasteiger partial charge in [0.15, 0.2) is 0 Å². The van der Waals surface area contributed by atoms with Gasteiger partial charge in [0.1, 0.15) is 11.6 Å². The summed E-state index contributed by atoms with van der Waals surface area (Å²) in [5.41, 5.74) is 10.3. The molecule has 0 bridgehead atoms. The largest absolute Gasteiger partial charge is 0.507 e. The summed E-state index contributed by atoms with van der Waals surface area (Å²) in [7, 11) is 0. The number of aromatic nitrogens is 3. The summed E-state index contributed by atoms with van der Waals surface area (Å²) in [6, 6.07) is 45.3. The lowest BCUT2D eigenvalue weighted by Crippen LogP contribution is -2.11. The molecule has 4 heteroatoms. The first-order valence-electron chi connectivity index (χ1n) is 20.3. The zero-order chi connectivity index (χ0) is 41.0.